The number of hydrogen-bond acceptors (Lipinski definition) is 6. The Morgan fingerprint density at radius 1 is 0.640 bits per heavy atom. The van der Waals surface area contributed by atoms with Gasteiger partial charge in [0.15, 0.2) is 16.6 Å². The van der Waals surface area contributed by atoms with Gasteiger partial charge in [0.25, 0.3) is 0 Å². The van der Waals surface area contributed by atoms with E-state index in [1.54, 1.807) is 0 Å². The summed E-state index contributed by atoms with van der Waals surface area (Å²) in [6.45, 7) is -1.59. The first-order valence-corrected chi connectivity index (χ1v) is 9.05. The van der Waals surface area contributed by atoms with Gasteiger partial charge in [0.1, 0.15) is 23.3 Å². The molecule has 25 heavy (non-hydrogen) atoms. The normalized spacial score (nSPS) is 12.3. The molecule has 0 bridgehead atoms. The zero-order chi connectivity index (χ0) is 18.8. The fourth-order valence-electron chi connectivity index (χ4n) is 1.71. The second kappa shape index (κ2) is 7.07. The topological polar surface area (TPSA) is 86.7 Å². The predicted octanol–water partition coefficient (Wildman–Crippen LogP) is 2.31. The summed E-state index contributed by atoms with van der Waals surface area (Å²) in [5.41, 5.74) is 0. The van der Waals surface area contributed by atoms with Crippen molar-refractivity contribution in [3.63, 3.8) is 0 Å². The molecule has 0 aliphatic rings. The summed E-state index contributed by atoms with van der Waals surface area (Å²) in [4.78, 5) is -2.93. The van der Waals surface area contributed by atoms with E-state index in [4.69, 9.17) is 0 Å². The van der Waals surface area contributed by atoms with Gasteiger partial charge in [-0.15, -0.1) is 0 Å². The van der Waals surface area contributed by atoms with Crippen LogP contribution >= 0.6 is 0 Å². The van der Waals surface area contributed by atoms with E-state index in [-0.39, 0.29) is 0 Å². The molecule has 0 amide bonds. The second-order valence-electron chi connectivity index (χ2n) is 4.36. The van der Waals surface area contributed by atoms with Crippen LogP contribution in [0, 0.1) is 23.3 Å². The lowest BCUT2D eigenvalue weighted by Crippen LogP contribution is -2.17. The van der Waals surface area contributed by atoms with Crippen molar-refractivity contribution in [1.29, 1.82) is 0 Å². The van der Waals surface area contributed by atoms with Gasteiger partial charge in [0.2, 0.25) is 0 Å². The van der Waals surface area contributed by atoms with Gasteiger partial charge in [-0.3, -0.25) is 0 Å². The van der Waals surface area contributed by atoms with Gasteiger partial charge >= 0.3 is 20.2 Å². The van der Waals surface area contributed by atoms with Crippen molar-refractivity contribution in [2.45, 2.75) is 9.79 Å². The van der Waals surface area contributed by atoms with Crippen molar-refractivity contribution in [2.24, 2.45) is 0 Å². The van der Waals surface area contributed by atoms with Crippen molar-refractivity contribution in [1.82, 2.24) is 0 Å². The van der Waals surface area contributed by atoms with Crippen molar-refractivity contribution in [2.75, 3.05) is 6.79 Å². The standard InChI is InChI=1S/C13H8F4O6S2/c14-8-3-1-4-9(15)12(8)24(18,19)22-7-23-25(20,21)13-10(16)5-2-6-11(13)17/h1-6H,7H2. The first-order valence-electron chi connectivity index (χ1n) is 6.23. The molecule has 0 N–H and O–H groups in total. The number of benzene rings is 2. The Morgan fingerprint density at radius 2 is 0.920 bits per heavy atom. The van der Waals surface area contributed by atoms with E-state index >= 15 is 0 Å². The monoisotopic (exact) mass is 400 g/mol. The van der Waals surface area contributed by atoms with Crippen LogP contribution in [0.3, 0.4) is 0 Å². The fraction of sp³-hybridized carbons (Fsp3) is 0.0769. The maximum Gasteiger partial charge on any atom is 0.305 e. The lowest BCUT2D eigenvalue weighted by molar-refractivity contribution is 0.130. The van der Waals surface area contributed by atoms with Gasteiger partial charge in [-0.05, 0) is 24.3 Å². The highest BCUT2D eigenvalue weighted by atomic mass is 32.2. The molecule has 0 atom stereocenters. The molecule has 136 valence electrons. The molecule has 0 spiro atoms. The Labute approximate surface area is 139 Å². The fourth-order valence-corrected chi connectivity index (χ4v) is 3.58. The first kappa shape index (κ1) is 19.3. The van der Waals surface area contributed by atoms with Crippen molar-refractivity contribution >= 4 is 20.2 Å². The molecular weight excluding hydrogens is 392 g/mol. The average Bonchev–Trinajstić information content (AvgIpc) is 2.45. The zero-order valence-corrected chi connectivity index (χ0v) is 13.6. The van der Waals surface area contributed by atoms with E-state index in [9.17, 15) is 34.4 Å². The molecule has 0 aliphatic carbocycles. The van der Waals surface area contributed by atoms with Gasteiger partial charge in [0, 0.05) is 0 Å². The molecule has 2 aromatic carbocycles. The molecule has 0 aromatic heterocycles. The molecule has 0 aliphatic heterocycles. The molecule has 6 nitrogen and oxygen atoms in total. The Morgan fingerprint density at radius 3 is 1.20 bits per heavy atom. The summed E-state index contributed by atoms with van der Waals surface area (Å²) in [7, 11) is -10.1. The molecule has 0 fully saturated rings. The molecule has 0 unspecified atom stereocenters. The van der Waals surface area contributed by atoms with Gasteiger partial charge in [-0.1, -0.05) is 12.1 Å². The number of rotatable bonds is 6. The Hall–Kier alpha value is -2.02. The highest BCUT2D eigenvalue weighted by Gasteiger charge is 2.28. The third-order valence-corrected chi connectivity index (χ3v) is 5.34. The van der Waals surface area contributed by atoms with E-state index < -0.39 is 60.1 Å². The highest BCUT2D eigenvalue weighted by molar-refractivity contribution is 7.87. The molecule has 2 rings (SSSR count). The van der Waals surface area contributed by atoms with Crippen LogP contribution in [0.2, 0.25) is 0 Å². The van der Waals surface area contributed by atoms with Crippen LogP contribution in [0.15, 0.2) is 46.2 Å². The maximum absolute atomic E-state index is 13.4. The maximum atomic E-state index is 13.4. The van der Waals surface area contributed by atoms with E-state index in [0.717, 1.165) is 12.1 Å². The molecule has 0 heterocycles. The summed E-state index contributed by atoms with van der Waals surface area (Å²) >= 11 is 0. The minimum absolute atomic E-state index is 0.631. The Balaban J connectivity index is 2.20. The first-order chi connectivity index (χ1) is 11.6. The summed E-state index contributed by atoms with van der Waals surface area (Å²) in [6.07, 6.45) is 0. The molecular formula is C13H8F4O6S2. The molecule has 0 radical (unpaired) electrons. The molecule has 12 heteroatoms. The van der Waals surface area contributed by atoms with Crippen LogP contribution in [0.4, 0.5) is 17.6 Å². The van der Waals surface area contributed by atoms with E-state index in [1.807, 2.05) is 0 Å². The minimum atomic E-state index is -5.07. The second-order valence-corrected chi connectivity index (χ2v) is 7.47. The van der Waals surface area contributed by atoms with Crippen LogP contribution in [-0.2, 0) is 28.6 Å². The van der Waals surface area contributed by atoms with Crippen LogP contribution in [0.25, 0.3) is 0 Å². The molecule has 0 saturated carbocycles. The van der Waals surface area contributed by atoms with Crippen LogP contribution < -0.4 is 0 Å². The average molecular weight is 400 g/mol. The number of halogens is 4. The highest BCUT2D eigenvalue weighted by Crippen LogP contribution is 2.23. The van der Waals surface area contributed by atoms with Crippen molar-refractivity contribution in [3.05, 3.63) is 59.7 Å². The Bertz CT molecular complexity index is 883. The van der Waals surface area contributed by atoms with Gasteiger partial charge in [-0.25, -0.2) is 25.9 Å². The lowest BCUT2D eigenvalue weighted by atomic mass is 10.3. The summed E-state index contributed by atoms with van der Waals surface area (Å²) in [5.74, 6) is -5.93. The SMILES string of the molecule is O=S(=O)(OCOS(=O)(=O)c1c(F)cccc1F)c1c(F)cccc1F. The molecule has 2 aromatic rings. The largest absolute Gasteiger partial charge is 0.305 e. The third-order valence-electron chi connectivity index (χ3n) is 2.74. The van der Waals surface area contributed by atoms with Crippen LogP contribution in [-0.4, -0.2) is 23.6 Å². The zero-order valence-electron chi connectivity index (χ0n) is 11.9. The summed E-state index contributed by atoms with van der Waals surface area (Å²) in [6, 6.07) is 4.31. The minimum Gasteiger partial charge on any atom is -0.236 e. The lowest BCUT2D eigenvalue weighted by Gasteiger charge is -2.09. The smallest absolute Gasteiger partial charge is 0.236 e. The van der Waals surface area contributed by atoms with Crippen LogP contribution in [0.1, 0.15) is 0 Å². The quantitative estimate of drug-likeness (QED) is 0.420. The van der Waals surface area contributed by atoms with Crippen molar-refractivity contribution < 1.29 is 42.8 Å². The van der Waals surface area contributed by atoms with Gasteiger partial charge < -0.3 is 0 Å². The Kier molecular flexibility index (Phi) is 5.46. The van der Waals surface area contributed by atoms with Crippen LogP contribution in [0.5, 0.6) is 0 Å². The van der Waals surface area contributed by atoms with E-state index in [1.165, 1.54) is 0 Å². The summed E-state index contributed by atoms with van der Waals surface area (Å²) in [5, 5.41) is 0. The van der Waals surface area contributed by atoms with Gasteiger partial charge in [0.05, 0.1) is 0 Å². The van der Waals surface area contributed by atoms with Gasteiger partial charge in [-0.2, -0.15) is 16.8 Å². The third kappa shape index (κ3) is 4.15. The van der Waals surface area contributed by atoms with Crippen molar-refractivity contribution in [3.8, 4) is 0 Å². The van der Waals surface area contributed by atoms with E-state index in [2.05, 4.69) is 8.37 Å². The van der Waals surface area contributed by atoms with E-state index in [0.29, 0.717) is 24.3 Å². The molecule has 0 saturated heterocycles. The predicted molar refractivity (Wildman–Crippen MR) is 74.1 cm³/mol. The number of hydrogen-bond donors (Lipinski definition) is 0. The summed E-state index contributed by atoms with van der Waals surface area (Å²) < 4.78 is 109.